The third kappa shape index (κ3) is 5.59. The van der Waals surface area contributed by atoms with Crippen molar-refractivity contribution in [2.24, 2.45) is 0 Å². The minimum Gasteiger partial charge on any atom is -0.395 e. The Morgan fingerprint density at radius 3 is 2.74 bits per heavy atom. The minimum atomic E-state index is 0.153. The van der Waals surface area contributed by atoms with Gasteiger partial charge in [0.2, 0.25) is 0 Å². The summed E-state index contributed by atoms with van der Waals surface area (Å²) < 4.78 is 5.14. The van der Waals surface area contributed by atoms with Gasteiger partial charge in [-0.3, -0.25) is 0 Å². The Morgan fingerprint density at radius 2 is 2.05 bits per heavy atom. The van der Waals surface area contributed by atoms with Crippen molar-refractivity contribution in [2.75, 3.05) is 44.9 Å². The number of aliphatic hydroxyl groups is 1. The second-order valence-electron chi connectivity index (χ2n) is 4.51. The SMILES string of the molecule is CCCNCc1ccccc1N(CCO)CCOC. The molecule has 19 heavy (non-hydrogen) atoms. The van der Waals surface area contributed by atoms with Crippen LogP contribution in [-0.4, -0.2) is 45.1 Å². The normalized spacial score (nSPS) is 10.7. The fraction of sp³-hybridized carbons (Fsp3) is 0.600. The van der Waals surface area contributed by atoms with Gasteiger partial charge >= 0.3 is 0 Å². The maximum Gasteiger partial charge on any atom is 0.0637 e. The van der Waals surface area contributed by atoms with E-state index in [0.29, 0.717) is 13.2 Å². The van der Waals surface area contributed by atoms with Crippen molar-refractivity contribution in [3.8, 4) is 0 Å². The third-order valence-electron chi connectivity index (χ3n) is 3.01. The van der Waals surface area contributed by atoms with Gasteiger partial charge in [0.25, 0.3) is 0 Å². The van der Waals surface area contributed by atoms with Crippen LogP contribution in [0.3, 0.4) is 0 Å². The number of anilines is 1. The van der Waals surface area contributed by atoms with E-state index in [-0.39, 0.29) is 6.61 Å². The zero-order valence-corrected chi connectivity index (χ0v) is 12.1. The van der Waals surface area contributed by atoms with Crippen molar-refractivity contribution in [1.29, 1.82) is 0 Å². The van der Waals surface area contributed by atoms with Gasteiger partial charge in [-0.1, -0.05) is 25.1 Å². The molecule has 1 aromatic carbocycles. The molecule has 0 aliphatic carbocycles. The van der Waals surface area contributed by atoms with Crippen LogP contribution in [0.4, 0.5) is 5.69 Å². The lowest BCUT2D eigenvalue weighted by Gasteiger charge is -2.26. The molecule has 0 unspecified atom stereocenters. The summed E-state index contributed by atoms with van der Waals surface area (Å²) in [5.74, 6) is 0. The van der Waals surface area contributed by atoms with E-state index in [2.05, 4.69) is 35.3 Å². The zero-order chi connectivity index (χ0) is 13.9. The highest BCUT2D eigenvalue weighted by Crippen LogP contribution is 2.20. The summed E-state index contributed by atoms with van der Waals surface area (Å²) >= 11 is 0. The van der Waals surface area contributed by atoms with Crippen LogP contribution in [0.1, 0.15) is 18.9 Å². The third-order valence-corrected chi connectivity index (χ3v) is 3.01. The molecule has 0 bridgehead atoms. The molecule has 0 fully saturated rings. The molecule has 0 radical (unpaired) electrons. The smallest absolute Gasteiger partial charge is 0.0637 e. The quantitative estimate of drug-likeness (QED) is 0.632. The Labute approximate surface area is 116 Å². The first-order valence-electron chi connectivity index (χ1n) is 6.96. The fourth-order valence-corrected chi connectivity index (χ4v) is 2.04. The Bertz CT molecular complexity index is 345. The Kier molecular flexibility index (Phi) is 8.21. The van der Waals surface area contributed by atoms with Gasteiger partial charge in [-0.25, -0.2) is 0 Å². The molecule has 0 aliphatic rings. The van der Waals surface area contributed by atoms with E-state index in [1.165, 1.54) is 11.3 Å². The number of hydrogen-bond acceptors (Lipinski definition) is 4. The number of para-hydroxylation sites is 1. The van der Waals surface area contributed by atoms with Crippen molar-refractivity contribution >= 4 is 5.69 Å². The number of ether oxygens (including phenoxy) is 1. The van der Waals surface area contributed by atoms with E-state index in [0.717, 1.165) is 26.1 Å². The van der Waals surface area contributed by atoms with Gasteiger partial charge in [0.15, 0.2) is 0 Å². The van der Waals surface area contributed by atoms with Gasteiger partial charge in [-0.2, -0.15) is 0 Å². The Balaban J connectivity index is 2.75. The molecule has 4 nitrogen and oxygen atoms in total. The molecular formula is C15H26N2O2. The molecule has 0 aliphatic heterocycles. The number of nitrogens with zero attached hydrogens (tertiary/aromatic N) is 1. The summed E-state index contributed by atoms with van der Waals surface area (Å²) in [7, 11) is 1.70. The van der Waals surface area contributed by atoms with E-state index in [1.807, 2.05) is 6.07 Å². The largest absolute Gasteiger partial charge is 0.395 e. The number of methoxy groups -OCH3 is 1. The number of benzene rings is 1. The molecular weight excluding hydrogens is 240 g/mol. The average Bonchev–Trinajstić information content (AvgIpc) is 2.44. The molecule has 4 heteroatoms. The summed E-state index contributed by atoms with van der Waals surface area (Å²) in [5.41, 5.74) is 2.44. The highest BCUT2D eigenvalue weighted by molar-refractivity contribution is 5.53. The van der Waals surface area contributed by atoms with Crippen LogP contribution in [-0.2, 0) is 11.3 Å². The van der Waals surface area contributed by atoms with E-state index in [1.54, 1.807) is 7.11 Å². The van der Waals surface area contributed by atoms with Crippen molar-refractivity contribution < 1.29 is 9.84 Å². The number of hydrogen-bond donors (Lipinski definition) is 2. The number of aliphatic hydroxyl groups excluding tert-OH is 1. The topological polar surface area (TPSA) is 44.7 Å². The summed E-state index contributed by atoms with van der Waals surface area (Å²) in [6.45, 7) is 6.29. The molecule has 2 N–H and O–H groups in total. The van der Waals surface area contributed by atoms with E-state index in [4.69, 9.17) is 4.74 Å². The standard InChI is InChI=1S/C15H26N2O2/c1-3-8-16-13-14-6-4-5-7-15(14)17(9-11-18)10-12-19-2/h4-7,16,18H,3,8-13H2,1-2H3. The van der Waals surface area contributed by atoms with Gasteiger partial charge in [0.05, 0.1) is 13.2 Å². The van der Waals surface area contributed by atoms with Gasteiger partial charge in [-0.05, 0) is 24.6 Å². The first kappa shape index (κ1) is 16.0. The van der Waals surface area contributed by atoms with Crippen LogP contribution in [0.2, 0.25) is 0 Å². The lowest BCUT2D eigenvalue weighted by molar-refractivity contribution is 0.203. The number of rotatable bonds is 10. The lowest BCUT2D eigenvalue weighted by Crippen LogP contribution is -2.31. The molecule has 1 rings (SSSR count). The monoisotopic (exact) mass is 266 g/mol. The molecule has 1 aromatic rings. The van der Waals surface area contributed by atoms with Crippen LogP contribution in [0.15, 0.2) is 24.3 Å². The molecule has 0 heterocycles. The average molecular weight is 266 g/mol. The van der Waals surface area contributed by atoms with Crippen LogP contribution in [0, 0.1) is 0 Å². The van der Waals surface area contributed by atoms with Crippen molar-refractivity contribution in [2.45, 2.75) is 19.9 Å². The summed E-state index contributed by atoms with van der Waals surface area (Å²) in [5, 5.41) is 12.6. The Hall–Kier alpha value is -1.10. The van der Waals surface area contributed by atoms with Crippen molar-refractivity contribution in [1.82, 2.24) is 5.32 Å². The predicted molar refractivity (Wildman–Crippen MR) is 79.6 cm³/mol. The molecule has 0 saturated carbocycles. The van der Waals surface area contributed by atoms with Crippen LogP contribution in [0.5, 0.6) is 0 Å². The first-order valence-corrected chi connectivity index (χ1v) is 6.96. The highest BCUT2D eigenvalue weighted by Gasteiger charge is 2.09. The maximum atomic E-state index is 9.20. The lowest BCUT2D eigenvalue weighted by atomic mass is 10.1. The summed E-state index contributed by atoms with van der Waals surface area (Å²) in [6, 6.07) is 8.33. The van der Waals surface area contributed by atoms with Gasteiger partial charge < -0.3 is 20.1 Å². The maximum absolute atomic E-state index is 9.20. The fourth-order valence-electron chi connectivity index (χ4n) is 2.04. The Morgan fingerprint density at radius 1 is 1.26 bits per heavy atom. The summed E-state index contributed by atoms with van der Waals surface area (Å²) in [6.07, 6.45) is 1.13. The molecule has 108 valence electrons. The van der Waals surface area contributed by atoms with E-state index < -0.39 is 0 Å². The second kappa shape index (κ2) is 9.78. The molecule has 0 spiro atoms. The van der Waals surface area contributed by atoms with E-state index >= 15 is 0 Å². The second-order valence-corrected chi connectivity index (χ2v) is 4.51. The van der Waals surface area contributed by atoms with Gasteiger partial charge in [0.1, 0.15) is 0 Å². The predicted octanol–water partition coefficient (Wildman–Crippen LogP) is 1.63. The number of nitrogens with one attached hydrogen (secondary N) is 1. The van der Waals surface area contributed by atoms with Crippen LogP contribution >= 0.6 is 0 Å². The molecule has 0 saturated heterocycles. The zero-order valence-electron chi connectivity index (χ0n) is 12.1. The van der Waals surface area contributed by atoms with E-state index in [9.17, 15) is 5.11 Å². The van der Waals surface area contributed by atoms with Crippen LogP contribution in [0.25, 0.3) is 0 Å². The van der Waals surface area contributed by atoms with Crippen molar-refractivity contribution in [3.63, 3.8) is 0 Å². The summed E-state index contributed by atoms with van der Waals surface area (Å²) in [4.78, 5) is 2.17. The van der Waals surface area contributed by atoms with Crippen molar-refractivity contribution in [3.05, 3.63) is 29.8 Å². The molecule has 0 amide bonds. The molecule has 0 aromatic heterocycles. The van der Waals surface area contributed by atoms with Gasteiger partial charge in [0, 0.05) is 32.4 Å². The minimum absolute atomic E-state index is 0.153. The highest BCUT2D eigenvalue weighted by atomic mass is 16.5. The molecule has 0 atom stereocenters. The van der Waals surface area contributed by atoms with Crippen LogP contribution < -0.4 is 10.2 Å². The first-order chi connectivity index (χ1) is 9.33. The van der Waals surface area contributed by atoms with Gasteiger partial charge in [-0.15, -0.1) is 0 Å².